The van der Waals surface area contributed by atoms with E-state index in [1.165, 1.54) is 23.8 Å². The molecule has 6 heteroatoms. The number of benzene rings is 1. The minimum Gasteiger partial charge on any atom is -0.466 e. The third-order valence-corrected chi connectivity index (χ3v) is 4.66. The van der Waals surface area contributed by atoms with Gasteiger partial charge in [-0.15, -0.1) is 11.3 Å². The fourth-order valence-corrected chi connectivity index (χ4v) is 3.27. The van der Waals surface area contributed by atoms with Gasteiger partial charge in [-0.25, -0.2) is 4.98 Å². The summed E-state index contributed by atoms with van der Waals surface area (Å²) in [5.74, 6) is -0.525. The summed E-state index contributed by atoms with van der Waals surface area (Å²) in [4.78, 5) is 27.2. The van der Waals surface area contributed by atoms with Crippen molar-refractivity contribution in [2.75, 3.05) is 11.9 Å². The second kappa shape index (κ2) is 9.32. The predicted molar refractivity (Wildman–Crippen MR) is 99.9 cm³/mol. The van der Waals surface area contributed by atoms with Crippen LogP contribution in [0.15, 0.2) is 29.6 Å². The van der Waals surface area contributed by atoms with Gasteiger partial charge in [0.1, 0.15) is 0 Å². The van der Waals surface area contributed by atoms with Crippen LogP contribution in [0.1, 0.15) is 49.9 Å². The van der Waals surface area contributed by atoms with Crippen LogP contribution < -0.4 is 5.32 Å². The minimum atomic E-state index is -0.240. The van der Waals surface area contributed by atoms with E-state index in [1.54, 1.807) is 0 Å². The van der Waals surface area contributed by atoms with Crippen molar-refractivity contribution in [3.63, 3.8) is 0 Å². The van der Waals surface area contributed by atoms with Gasteiger partial charge in [-0.05, 0) is 44.2 Å². The Morgan fingerprint density at radius 2 is 1.96 bits per heavy atom. The molecule has 0 spiro atoms. The van der Waals surface area contributed by atoms with E-state index in [0.29, 0.717) is 11.7 Å². The number of rotatable bonds is 8. The van der Waals surface area contributed by atoms with Crippen molar-refractivity contribution in [2.24, 2.45) is 0 Å². The normalized spacial score (nSPS) is 11.8. The summed E-state index contributed by atoms with van der Waals surface area (Å²) >= 11 is 1.45. The molecule has 0 bridgehead atoms. The molecule has 1 amide bonds. The van der Waals surface area contributed by atoms with Gasteiger partial charge in [-0.1, -0.05) is 24.3 Å². The minimum absolute atomic E-state index is 0.0990. The molecule has 0 aliphatic heterocycles. The van der Waals surface area contributed by atoms with Crippen LogP contribution in [-0.2, 0) is 27.2 Å². The molecule has 0 aliphatic carbocycles. The zero-order valence-electron chi connectivity index (χ0n) is 14.9. The lowest BCUT2D eigenvalue weighted by molar-refractivity contribution is -0.144. The first-order valence-electron chi connectivity index (χ1n) is 8.47. The van der Waals surface area contributed by atoms with Gasteiger partial charge in [0.05, 0.1) is 18.2 Å². The van der Waals surface area contributed by atoms with Gasteiger partial charge >= 0.3 is 5.97 Å². The highest BCUT2D eigenvalue weighted by Crippen LogP contribution is 2.20. The quantitative estimate of drug-likeness (QED) is 0.724. The SMILES string of the molecule is CCOC(=O)C(C)c1ccc(CCCc2csc(NC(C)=O)n2)cc1. The van der Waals surface area contributed by atoms with Crippen molar-refractivity contribution in [1.29, 1.82) is 0 Å². The summed E-state index contributed by atoms with van der Waals surface area (Å²) < 4.78 is 5.06. The van der Waals surface area contributed by atoms with Gasteiger partial charge in [0.2, 0.25) is 5.91 Å². The standard InChI is InChI=1S/C19H24N2O3S/c1-4-24-18(23)13(2)16-10-8-15(9-11-16)6-5-7-17-12-25-19(21-17)20-14(3)22/h8-13H,4-7H2,1-3H3,(H,20,21,22). The number of aryl methyl sites for hydroxylation is 2. The highest BCUT2D eigenvalue weighted by molar-refractivity contribution is 7.13. The molecule has 1 heterocycles. The number of aromatic nitrogens is 1. The zero-order valence-corrected chi connectivity index (χ0v) is 15.7. The second-order valence-electron chi connectivity index (χ2n) is 5.89. The molecule has 0 aliphatic rings. The van der Waals surface area contributed by atoms with Crippen molar-refractivity contribution in [2.45, 2.75) is 46.0 Å². The maximum atomic E-state index is 11.8. The monoisotopic (exact) mass is 360 g/mol. The summed E-state index contributed by atoms with van der Waals surface area (Å²) in [5.41, 5.74) is 3.21. The molecule has 0 radical (unpaired) electrons. The Labute approximate surface area is 152 Å². The third kappa shape index (κ3) is 5.98. The lowest BCUT2D eigenvalue weighted by Gasteiger charge is -2.11. The van der Waals surface area contributed by atoms with E-state index in [0.717, 1.165) is 30.5 Å². The van der Waals surface area contributed by atoms with Crippen molar-refractivity contribution < 1.29 is 14.3 Å². The van der Waals surface area contributed by atoms with Crippen molar-refractivity contribution in [3.05, 3.63) is 46.5 Å². The topological polar surface area (TPSA) is 68.3 Å². The Bertz CT molecular complexity index is 710. The summed E-state index contributed by atoms with van der Waals surface area (Å²) in [6.07, 6.45) is 2.80. The van der Waals surface area contributed by atoms with Gasteiger partial charge < -0.3 is 10.1 Å². The fraction of sp³-hybridized carbons (Fsp3) is 0.421. The van der Waals surface area contributed by atoms with E-state index in [-0.39, 0.29) is 17.8 Å². The van der Waals surface area contributed by atoms with E-state index in [2.05, 4.69) is 22.4 Å². The maximum Gasteiger partial charge on any atom is 0.313 e. The number of carbonyl (C=O) groups is 2. The number of anilines is 1. The van der Waals surface area contributed by atoms with E-state index in [9.17, 15) is 9.59 Å². The predicted octanol–water partition coefficient (Wildman–Crippen LogP) is 3.94. The number of amides is 1. The van der Waals surface area contributed by atoms with Crippen molar-refractivity contribution in [1.82, 2.24) is 4.98 Å². The number of ether oxygens (including phenoxy) is 1. The maximum absolute atomic E-state index is 11.8. The first kappa shape index (κ1) is 19.1. The third-order valence-electron chi connectivity index (χ3n) is 3.85. The van der Waals surface area contributed by atoms with E-state index >= 15 is 0 Å². The molecule has 2 aromatic rings. The van der Waals surface area contributed by atoms with Crippen LogP contribution in [0.4, 0.5) is 5.13 Å². The van der Waals surface area contributed by atoms with Gasteiger partial charge in [0.15, 0.2) is 5.13 Å². The van der Waals surface area contributed by atoms with Crippen molar-refractivity contribution in [3.8, 4) is 0 Å². The lowest BCUT2D eigenvalue weighted by Crippen LogP contribution is -2.12. The van der Waals surface area contributed by atoms with Crippen LogP contribution in [0, 0.1) is 0 Å². The van der Waals surface area contributed by atoms with Crippen LogP contribution in [0.5, 0.6) is 0 Å². The molecule has 0 saturated carbocycles. The number of carbonyl (C=O) groups excluding carboxylic acids is 2. The van der Waals surface area contributed by atoms with E-state index < -0.39 is 0 Å². The van der Waals surface area contributed by atoms with Crippen molar-refractivity contribution >= 4 is 28.3 Å². The average Bonchev–Trinajstić information content (AvgIpc) is 3.01. The number of hydrogen-bond acceptors (Lipinski definition) is 5. The number of thiazole rings is 1. The Morgan fingerprint density at radius 3 is 2.60 bits per heavy atom. The average molecular weight is 360 g/mol. The Kier molecular flexibility index (Phi) is 7.13. The first-order valence-corrected chi connectivity index (χ1v) is 9.35. The van der Waals surface area contributed by atoms with E-state index in [4.69, 9.17) is 4.74 Å². The van der Waals surface area contributed by atoms with Crippen LogP contribution >= 0.6 is 11.3 Å². The molecule has 1 unspecified atom stereocenters. The molecule has 25 heavy (non-hydrogen) atoms. The highest BCUT2D eigenvalue weighted by Gasteiger charge is 2.15. The highest BCUT2D eigenvalue weighted by atomic mass is 32.1. The van der Waals surface area contributed by atoms with E-state index in [1.807, 2.05) is 31.4 Å². The summed E-state index contributed by atoms with van der Waals surface area (Å²) in [6.45, 7) is 5.56. The Morgan fingerprint density at radius 1 is 1.24 bits per heavy atom. The van der Waals surface area contributed by atoms with Gasteiger partial charge in [-0.2, -0.15) is 0 Å². The molecule has 2 rings (SSSR count). The molecule has 1 N–H and O–H groups in total. The van der Waals surface area contributed by atoms with Crippen LogP contribution in [0.25, 0.3) is 0 Å². The number of nitrogens with one attached hydrogen (secondary N) is 1. The van der Waals surface area contributed by atoms with Gasteiger partial charge in [0, 0.05) is 12.3 Å². The molecular formula is C19H24N2O3S. The van der Waals surface area contributed by atoms with Crippen LogP contribution in [0.3, 0.4) is 0 Å². The molecule has 134 valence electrons. The Hall–Kier alpha value is -2.21. The Balaban J connectivity index is 1.82. The second-order valence-corrected chi connectivity index (χ2v) is 6.75. The zero-order chi connectivity index (χ0) is 18.2. The number of hydrogen-bond donors (Lipinski definition) is 1. The van der Waals surface area contributed by atoms with Gasteiger partial charge in [0.25, 0.3) is 0 Å². The number of nitrogens with zero attached hydrogens (tertiary/aromatic N) is 1. The molecule has 1 aromatic carbocycles. The molecule has 0 fully saturated rings. The molecular weight excluding hydrogens is 336 g/mol. The molecule has 0 saturated heterocycles. The number of esters is 1. The summed E-state index contributed by atoms with van der Waals surface area (Å²) in [7, 11) is 0. The molecule has 1 aromatic heterocycles. The first-order chi connectivity index (χ1) is 12.0. The largest absolute Gasteiger partial charge is 0.466 e. The smallest absolute Gasteiger partial charge is 0.313 e. The fourth-order valence-electron chi connectivity index (χ4n) is 2.48. The summed E-state index contributed by atoms with van der Waals surface area (Å²) in [5, 5.41) is 5.33. The summed E-state index contributed by atoms with van der Waals surface area (Å²) in [6, 6.07) is 8.12. The molecule has 5 nitrogen and oxygen atoms in total. The van der Waals surface area contributed by atoms with Gasteiger partial charge in [-0.3, -0.25) is 9.59 Å². The van der Waals surface area contributed by atoms with Crippen LogP contribution in [0.2, 0.25) is 0 Å². The molecule has 1 atom stereocenters. The van der Waals surface area contributed by atoms with Crippen LogP contribution in [-0.4, -0.2) is 23.5 Å². The lowest BCUT2D eigenvalue weighted by atomic mass is 9.98.